The van der Waals surface area contributed by atoms with Gasteiger partial charge in [0.2, 0.25) is 0 Å². The van der Waals surface area contributed by atoms with Crippen LogP contribution in [0.3, 0.4) is 0 Å². The van der Waals surface area contributed by atoms with Crippen molar-refractivity contribution in [1.82, 2.24) is 15.2 Å². The summed E-state index contributed by atoms with van der Waals surface area (Å²) < 4.78 is 17.2. The first-order chi connectivity index (χ1) is 15.1. The van der Waals surface area contributed by atoms with Crippen molar-refractivity contribution in [2.24, 2.45) is 0 Å². The van der Waals surface area contributed by atoms with Crippen LogP contribution in [-0.2, 0) is 11.3 Å². The van der Waals surface area contributed by atoms with E-state index in [2.05, 4.69) is 53.2 Å². The maximum absolute atomic E-state index is 6.05. The molecule has 7 heteroatoms. The van der Waals surface area contributed by atoms with Crippen LogP contribution in [-0.4, -0.2) is 69.0 Å². The van der Waals surface area contributed by atoms with Crippen molar-refractivity contribution in [3.8, 4) is 11.5 Å². The van der Waals surface area contributed by atoms with Gasteiger partial charge in [-0.15, -0.1) is 0 Å². The third-order valence-electron chi connectivity index (χ3n) is 5.74. The van der Waals surface area contributed by atoms with Gasteiger partial charge >= 0.3 is 0 Å². The first-order valence-electron chi connectivity index (χ1n) is 11.2. The molecule has 3 heterocycles. The number of morpholine rings is 1. The lowest BCUT2D eigenvalue weighted by Gasteiger charge is -2.35. The molecular weight excluding hydrogens is 392 g/mol. The summed E-state index contributed by atoms with van der Waals surface area (Å²) in [5, 5.41) is 3.66. The molecule has 0 spiro atoms. The standard InChI is InChI=1S/C24H34N4O3/c1-18(2)31-22-7-5-4-6-20(22)21-17-27(9-8-25-21)16-19-14-23(29-3)24(26-15-19)28-10-12-30-13-11-28/h4-7,14-15,18,21,25H,8-13,16-17H2,1-3H3/t21-/m1/s1. The number of nitrogens with one attached hydrogen (secondary N) is 1. The fraction of sp³-hybridized carbons (Fsp3) is 0.542. The Morgan fingerprint density at radius 2 is 1.97 bits per heavy atom. The maximum atomic E-state index is 6.05. The van der Waals surface area contributed by atoms with Crippen LogP contribution in [0.1, 0.15) is 31.0 Å². The Balaban J connectivity index is 1.45. The van der Waals surface area contributed by atoms with E-state index in [1.54, 1.807) is 7.11 Å². The number of hydrogen-bond acceptors (Lipinski definition) is 7. The van der Waals surface area contributed by atoms with Crippen molar-refractivity contribution in [2.45, 2.75) is 32.5 Å². The molecule has 4 rings (SSSR count). The summed E-state index contributed by atoms with van der Waals surface area (Å²) in [7, 11) is 1.72. The highest BCUT2D eigenvalue weighted by Crippen LogP contribution is 2.30. The molecular formula is C24H34N4O3. The highest BCUT2D eigenvalue weighted by atomic mass is 16.5. The van der Waals surface area contributed by atoms with Gasteiger partial charge in [-0.1, -0.05) is 18.2 Å². The highest BCUT2D eigenvalue weighted by molar-refractivity contribution is 5.53. The number of pyridine rings is 1. The lowest BCUT2D eigenvalue weighted by Crippen LogP contribution is -2.45. The normalized spacial score (nSPS) is 20.1. The summed E-state index contributed by atoms with van der Waals surface area (Å²) in [4.78, 5) is 9.45. The van der Waals surface area contributed by atoms with Gasteiger partial charge in [0.25, 0.3) is 0 Å². The number of para-hydroxylation sites is 1. The molecule has 7 nitrogen and oxygen atoms in total. The molecule has 2 fully saturated rings. The number of methoxy groups -OCH3 is 1. The molecule has 2 aliphatic heterocycles. The summed E-state index contributed by atoms with van der Waals surface area (Å²) in [5.41, 5.74) is 2.39. The number of ether oxygens (including phenoxy) is 3. The first-order valence-corrected chi connectivity index (χ1v) is 11.2. The van der Waals surface area contributed by atoms with E-state index in [9.17, 15) is 0 Å². The van der Waals surface area contributed by atoms with E-state index in [0.29, 0.717) is 0 Å². The van der Waals surface area contributed by atoms with Gasteiger partial charge in [-0.05, 0) is 31.5 Å². The van der Waals surface area contributed by atoms with E-state index in [-0.39, 0.29) is 12.1 Å². The second kappa shape index (κ2) is 10.3. The average Bonchev–Trinajstić information content (AvgIpc) is 2.80. The fourth-order valence-corrected chi connectivity index (χ4v) is 4.28. The molecule has 1 atom stereocenters. The van der Waals surface area contributed by atoms with E-state index < -0.39 is 0 Å². The van der Waals surface area contributed by atoms with Gasteiger partial charge in [0.15, 0.2) is 11.6 Å². The second-order valence-electron chi connectivity index (χ2n) is 8.42. The molecule has 0 unspecified atom stereocenters. The van der Waals surface area contributed by atoms with Gasteiger partial charge < -0.3 is 24.4 Å². The lowest BCUT2D eigenvalue weighted by atomic mass is 10.0. The van der Waals surface area contributed by atoms with E-state index in [1.807, 2.05) is 12.3 Å². The Morgan fingerprint density at radius 3 is 2.74 bits per heavy atom. The first kappa shape index (κ1) is 21.9. The van der Waals surface area contributed by atoms with Crippen molar-refractivity contribution in [2.75, 3.05) is 57.9 Å². The molecule has 0 aliphatic carbocycles. The number of rotatable bonds is 7. The predicted molar refractivity (Wildman–Crippen MR) is 122 cm³/mol. The summed E-state index contributed by atoms with van der Waals surface area (Å²) in [6.45, 7) is 11.0. The molecule has 1 N–H and O–H groups in total. The molecule has 1 aromatic carbocycles. The Kier molecular flexibility index (Phi) is 7.27. The summed E-state index contributed by atoms with van der Waals surface area (Å²) in [6.07, 6.45) is 2.14. The van der Waals surface area contributed by atoms with E-state index >= 15 is 0 Å². The quantitative estimate of drug-likeness (QED) is 0.731. The molecule has 0 bridgehead atoms. The van der Waals surface area contributed by atoms with Crippen LogP contribution in [0, 0.1) is 0 Å². The van der Waals surface area contributed by atoms with Gasteiger partial charge in [0, 0.05) is 57.1 Å². The molecule has 31 heavy (non-hydrogen) atoms. The zero-order chi connectivity index (χ0) is 21.6. The molecule has 0 amide bonds. The van der Waals surface area contributed by atoms with E-state index in [1.165, 1.54) is 11.1 Å². The average molecular weight is 427 g/mol. The molecule has 1 aromatic heterocycles. The summed E-state index contributed by atoms with van der Waals surface area (Å²) >= 11 is 0. The van der Waals surface area contributed by atoms with Gasteiger partial charge in [-0.25, -0.2) is 4.98 Å². The molecule has 2 aliphatic rings. The smallest absolute Gasteiger partial charge is 0.171 e. The van der Waals surface area contributed by atoms with Crippen LogP contribution in [0.25, 0.3) is 0 Å². The van der Waals surface area contributed by atoms with Crippen molar-refractivity contribution >= 4 is 5.82 Å². The largest absolute Gasteiger partial charge is 0.493 e. The van der Waals surface area contributed by atoms with Crippen molar-refractivity contribution in [1.29, 1.82) is 0 Å². The third kappa shape index (κ3) is 5.47. The Labute approximate surface area is 185 Å². The van der Waals surface area contributed by atoms with E-state index in [0.717, 1.165) is 69.8 Å². The Morgan fingerprint density at radius 1 is 1.16 bits per heavy atom. The van der Waals surface area contributed by atoms with Crippen molar-refractivity contribution in [3.63, 3.8) is 0 Å². The zero-order valence-electron chi connectivity index (χ0n) is 18.8. The topological polar surface area (TPSA) is 59.1 Å². The van der Waals surface area contributed by atoms with Crippen LogP contribution >= 0.6 is 0 Å². The van der Waals surface area contributed by atoms with Crippen LogP contribution in [0.4, 0.5) is 5.82 Å². The highest BCUT2D eigenvalue weighted by Gasteiger charge is 2.24. The lowest BCUT2D eigenvalue weighted by molar-refractivity contribution is 0.122. The fourth-order valence-electron chi connectivity index (χ4n) is 4.28. The minimum absolute atomic E-state index is 0.157. The van der Waals surface area contributed by atoms with Gasteiger partial charge in [-0.3, -0.25) is 4.90 Å². The van der Waals surface area contributed by atoms with Crippen LogP contribution < -0.4 is 19.7 Å². The van der Waals surface area contributed by atoms with Gasteiger partial charge in [0.05, 0.1) is 26.4 Å². The molecule has 2 aromatic rings. The minimum atomic E-state index is 0.157. The summed E-state index contributed by atoms with van der Waals surface area (Å²) in [6, 6.07) is 10.7. The van der Waals surface area contributed by atoms with Crippen molar-refractivity contribution in [3.05, 3.63) is 47.7 Å². The number of piperazine rings is 1. The zero-order valence-corrected chi connectivity index (χ0v) is 18.8. The van der Waals surface area contributed by atoms with Crippen LogP contribution in [0.15, 0.2) is 36.5 Å². The molecule has 2 saturated heterocycles. The third-order valence-corrected chi connectivity index (χ3v) is 5.74. The second-order valence-corrected chi connectivity index (χ2v) is 8.42. The Hall–Kier alpha value is -2.35. The molecule has 168 valence electrons. The van der Waals surface area contributed by atoms with Crippen LogP contribution in [0.2, 0.25) is 0 Å². The molecule has 0 radical (unpaired) electrons. The predicted octanol–water partition coefficient (Wildman–Crippen LogP) is 2.86. The molecule has 0 saturated carbocycles. The van der Waals surface area contributed by atoms with Crippen molar-refractivity contribution < 1.29 is 14.2 Å². The monoisotopic (exact) mass is 426 g/mol. The Bertz CT molecular complexity index is 854. The number of aromatic nitrogens is 1. The van der Waals surface area contributed by atoms with E-state index in [4.69, 9.17) is 19.2 Å². The van der Waals surface area contributed by atoms with Gasteiger partial charge in [0.1, 0.15) is 5.75 Å². The number of nitrogens with zero attached hydrogens (tertiary/aromatic N) is 3. The van der Waals surface area contributed by atoms with Gasteiger partial charge in [-0.2, -0.15) is 0 Å². The summed E-state index contributed by atoms with van der Waals surface area (Å²) in [5.74, 6) is 2.71. The number of hydrogen-bond donors (Lipinski definition) is 1. The SMILES string of the molecule is COc1cc(CN2CCN[C@@H](c3ccccc3OC(C)C)C2)cnc1N1CCOCC1. The number of anilines is 1. The minimum Gasteiger partial charge on any atom is -0.493 e. The maximum Gasteiger partial charge on any atom is 0.171 e. The number of benzene rings is 1. The van der Waals surface area contributed by atoms with Crippen LogP contribution in [0.5, 0.6) is 11.5 Å².